The molecule has 0 unspecified atom stereocenters. The summed E-state index contributed by atoms with van der Waals surface area (Å²) in [5.74, 6) is 0.719. The molecule has 0 spiro atoms. The first kappa shape index (κ1) is 25.3. The quantitative estimate of drug-likeness (QED) is 0.189. The minimum atomic E-state index is -0.772. The van der Waals surface area contributed by atoms with Crippen LogP contribution in [-0.4, -0.2) is 28.0 Å². The summed E-state index contributed by atoms with van der Waals surface area (Å²) in [5, 5.41) is 8.78. The van der Waals surface area contributed by atoms with Gasteiger partial charge in [-0.25, -0.2) is 0 Å². The highest BCUT2D eigenvalue weighted by atomic mass is 32.2. The lowest BCUT2D eigenvalue weighted by Crippen LogP contribution is -2.23. The number of aromatic nitrogens is 1. The highest BCUT2D eigenvalue weighted by Crippen LogP contribution is 2.31. The van der Waals surface area contributed by atoms with Gasteiger partial charge in [0.15, 0.2) is 0 Å². The van der Waals surface area contributed by atoms with Crippen LogP contribution in [0.5, 0.6) is 5.75 Å². The van der Waals surface area contributed by atoms with Crippen molar-refractivity contribution in [3.63, 3.8) is 0 Å². The van der Waals surface area contributed by atoms with Gasteiger partial charge >= 0.3 is 5.97 Å². The molecule has 6 heteroatoms. The minimum absolute atomic E-state index is 0.0231. The van der Waals surface area contributed by atoms with Crippen molar-refractivity contribution in [3.8, 4) is 5.75 Å². The maximum atomic E-state index is 12.6. The SMILES string of the molecule is O=C(O)CCCSc1cccc(OCCn2cc(C(c3ccccc3)c3ccccc3)ccc2=O)c1. The number of hydrogen-bond donors (Lipinski definition) is 1. The van der Waals surface area contributed by atoms with E-state index in [-0.39, 0.29) is 17.9 Å². The lowest BCUT2D eigenvalue weighted by molar-refractivity contribution is -0.137. The van der Waals surface area contributed by atoms with Crippen LogP contribution in [0.3, 0.4) is 0 Å². The van der Waals surface area contributed by atoms with E-state index < -0.39 is 5.97 Å². The van der Waals surface area contributed by atoms with E-state index in [0.29, 0.717) is 19.6 Å². The summed E-state index contributed by atoms with van der Waals surface area (Å²) >= 11 is 1.61. The molecule has 0 atom stereocenters. The van der Waals surface area contributed by atoms with Gasteiger partial charge in [0.2, 0.25) is 0 Å². The van der Waals surface area contributed by atoms with Gasteiger partial charge in [-0.1, -0.05) is 72.8 Å². The lowest BCUT2D eigenvalue weighted by atomic mass is 9.86. The predicted molar refractivity (Wildman–Crippen MR) is 144 cm³/mol. The Hall–Kier alpha value is -3.77. The second kappa shape index (κ2) is 12.8. The van der Waals surface area contributed by atoms with Gasteiger partial charge in [0.05, 0.1) is 6.54 Å². The zero-order chi connectivity index (χ0) is 25.2. The second-order valence-electron chi connectivity index (χ2n) is 8.42. The molecule has 0 radical (unpaired) electrons. The molecule has 36 heavy (non-hydrogen) atoms. The van der Waals surface area contributed by atoms with Gasteiger partial charge in [0, 0.05) is 29.5 Å². The molecule has 1 N–H and O–H groups in total. The molecule has 0 aliphatic rings. The van der Waals surface area contributed by atoms with Crippen molar-refractivity contribution in [2.75, 3.05) is 12.4 Å². The van der Waals surface area contributed by atoms with Crippen LogP contribution in [0.4, 0.5) is 0 Å². The minimum Gasteiger partial charge on any atom is -0.492 e. The Balaban J connectivity index is 1.44. The number of thioether (sulfide) groups is 1. The summed E-state index contributed by atoms with van der Waals surface area (Å²) < 4.78 is 7.66. The van der Waals surface area contributed by atoms with Crippen molar-refractivity contribution in [2.45, 2.75) is 30.2 Å². The third kappa shape index (κ3) is 7.12. The van der Waals surface area contributed by atoms with E-state index in [4.69, 9.17) is 9.84 Å². The van der Waals surface area contributed by atoms with Crippen LogP contribution in [0.25, 0.3) is 0 Å². The van der Waals surface area contributed by atoms with Crippen LogP contribution < -0.4 is 10.3 Å². The first-order chi connectivity index (χ1) is 17.6. The third-order valence-corrected chi connectivity index (χ3v) is 6.90. The highest BCUT2D eigenvalue weighted by Gasteiger charge is 2.17. The fourth-order valence-corrected chi connectivity index (χ4v) is 4.99. The summed E-state index contributed by atoms with van der Waals surface area (Å²) in [5.41, 5.74) is 3.32. The van der Waals surface area contributed by atoms with E-state index in [9.17, 15) is 9.59 Å². The predicted octanol–water partition coefficient (Wildman–Crippen LogP) is 6.06. The summed E-state index contributed by atoms with van der Waals surface area (Å²) in [4.78, 5) is 24.3. The Morgan fingerprint density at radius 3 is 2.22 bits per heavy atom. The Morgan fingerprint density at radius 1 is 0.861 bits per heavy atom. The summed E-state index contributed by atoms with van der Waals surface area (Å²) in [6, 6.07) is 31.9. The molecule has 1 aromatic heterocycles. The number of carboxylic acid groups (broad SMARTS) is 1. The lowest BCUT2D eigenvalue weighted by Gasteiger charge is -2.20. The third-order valence-electron chi connectivity index (χ3n) is 5.82. The van der Waals surface area contributed by atoms with Gasteiger partial charge in [-0.05, 0) is 47.1 Å². The molecule has 4 aromatic rings. The summed E-state index contributed by atoms with van der Waals surface area (Å²) in [6.45, 7) is 0.788. The molecule has 0 bridgehead atoms. The second-order valence-corrected chi connectivity index (χ2v) is 9.59. The van der Waals surface area contributed by atoms with E-state index >= 15 is 0 Å². The molecule has 1 heterocycles. The van der Waals surface area contributed by atoms with E-state index in [1.807, 2.05) is 72.9 Å². The van der Waals surface area contributed by atoms with Crippen molar-refractivity contribution < 1.29 is 14.6 Å². The van der Waals surface area contributed by atoms with Crippen molar-refractivity contribution in [1.29, 1.82) is 0 Å². The van der Waals surface area contributed by atoms with E-state index in [1.54, 1.807) is 22.4 Å². The highest BCUT2D eigenvalue weighted by molar-refractivity contribution is 7.99. The fourth-order valence-electron chi connectivity index (χ4n) is 4.09. The molecule has 0 amide bonds. The van der Waals surface area contributed by atoms with Crippen LogP contribution in [0.15, 0.2) is 113 Å². The van der Waals surface area contributed by atoms with Gasteiger partial charge < -0.3 is 14.4 Å². The first-order valence-electron chi connectivity index (χ1n) is 12.0. The number of ether oxygens (including phenoxy) is 1. The number of carbonyl (C=O) groups is 1. The van der Waals surface area contributed by atoms with Crippen LogP contribution >= 0.6 is 11.8 Å². The Bertz CT molecular complexity index is 1280. The van der Waals surface area contributed by atoms with Crippen molar-refractivity contribution in [3.05, 3.63) is 130 Å². The van der Waals surface area contributed by atoms with E-state index in [2.05, 4.69) is 24.3 Å². The zero-order valence-electron chi connectivity index (χ0n) is 20.0. The molecule has 5 nitrogen and oxygen atoms in total. The van der Waals surface area contributed by atoms with Gasteiger partial charge in [-0.3, -0.25) is 9.59 Å². The maximum Gasteiger partial charge on any atom is 0.303 e. The van der Waals surface area contributed by atoms with Crippen LogP contribution in [0, 0.1) is 0 Å². The molecule has 0 fully saturated rings. The molecule has 0 saturated heterocycles. The Morgan fingerprint density at radius 2 is 1.56 bits per heavy atom. The largest absolute Gasteiger partial charge is 0.492 e. The number of pyridine rings is 1. The molecule has 0 aliphatic carbocycles. The van der Waals surface area contributed by atoms with Crippen LogP contribution in [0.2, 0.25) is 0 Å². The smallest absolute Gasteiger partial charge is 0.303 e. The maximum absolute atomic E-state index is 12.6. The number of nitrogens with zero attached hydrogens (tertiary/aromatic N) is 1. The number of hydrogen-bond acceptors (Lipinski definition) is 4. The Kier molecular flexibility index (Phi) is 9.00. The van der Waals surface area contributed by atoms with Crippen molar-refractivity contribution in [1.82, 2.24) is 4.57 Å². The van der Waals surface area contributed by atoms with Crippen LogP contribution in [-0.2, 0) is 11.3 Å². The van der Waals surface area contributed by atoms with E-state index in [1.165, 1.54) is 11.1 Å². The molecule has 3 aromatic carbocycles. The number of carboxylic acids is 1. The molecule has 184 valence electrons. The zero-order valence-corrected chi connectivity index (χ0v) is 20.8. The van der Waals surface area contributed by atoms with Crippen molar-refractivity contribution >= 4 is 17.7 Å². The topological polar surface area (TPSA) is 68.5 Å². The molecule has 4 rings (SSSR count). The van der Waals surface area contributed by atoms with Gasteiger partial charge in [0.25, 0.3) is 5.56 Å². The number of benzene rings is 3. The summed E-state index contributed by atoms with van der Waals surface area (Å²) in [6.07, 6.45) is 2.73. The van der Waals surface area contributed by atoms with Gasteiger partial charge in [0.1, 0.15) is 12.4 Å². The van der Waals surface area contributed by atoms with Gasteiger partial charge in [-0.15, -0.1) is 11.8 Å². The standard InChI is InChI=1S/C30H29NO4S/c32-28-17-16-25(30(23-9-3-1-4-10-23)24-11-5-2-6-12-24)22-31(28)18-19-35-26-13-7-14-27(21-26)36-20-8-15-29(33)34/h1-7,9-14,16-17,21-22,30H,8,15,18-20H2,(H,33,34). The van der Waals surface area contributed by atoms with Crippen LogP contribution in [0.1, 0.15) is 35.4 Å². The first-order valence-corrected chi connectivity index (χ1v) is 13.0. The fraction of sp³-hybridized carbons (Fsp3) is 0.200. The number of aliphatic carboxylic acids is 1. The van der Waals surface area contributed by atoms with Gasteiger partial charge in [-0.2, -0.15) is 0 Å². The molecule has 0 aliphatic heterocycles. The number of rotatable bonds is 12. The average Bonchev–Trinajstić information content (AvgIpc) is 2.90. The molecule has 0 saturated carbocycles. The molecular formula is C30H29NO4S. The normalized spacial score (nSPS) is 10.9. The van der Waals surface area contributed by atoms with Crippen molar-refractivity contribution in [2.24, 2.45) is 0 Å². The Labute approximate surface area is 215 Å². The average molecular weight is 500 g/mol. The molecular weight excluding hydrogens is 470 g/mol. The monoisotopic (exact) mass is 499 g/mol. The van der Waals surface area contributed by atoms with E-state index in [0.717, 1.165) is 22.0 Å². The summed E-state index contributed by atoms with van der Waals surface area (Å²) in [7, 11) is 0.